The monoisotopic (exact) mass is 276 g/mol. The average Bonchev–Trinajstić information content (AvgIpc) is 2.46. The van der Waals surface area contributed by atoms with Crippen LogP contribution in [-0.2, 0) is 31.9 Å². The Hall–Kier alpha value is -1.84. The first-order valence-corrected chi connectivity index (χ1v) is 7.07. The molecule has 0 saturated heterocycles. The molecule has 2 atom stereocenters. The van der Waals surface area contributed by atoms with E-state index in [9.17, 15) is 9.59 Å². The zero-order valence-electron chi connectivity index (χ0n) is 11.9. The van der Waals surface area contributed by atoms with E-state index in [0.29, 0.717) is 26.1 Å². The van der Waals surface area contributed by atoms with E-state index in [4.69, 9.17) is 9.47 Å². The fourth-order valence-corrected chi connectivity index (χ4v) is 2.71. The molecule has 2 rings (SSSR count). The highest BCUT2D eigenvalue weighted by Crippen LogP contribution is 2.32. The minimum atomic E-state index is -0.441. The molecule has 1 aliphatic rings. The first kappa shape index (κ1) is 14.6. The quantitative estimate of drug-likeness (QED) is 0.791. The maximum Gasteiger partial charge on any atom is 0.310 e. The Labute approximate surface area is 119 Å². The first-order chi connectivity index (χ1) is 9.67. The predicted octanol–water partition coefficient (Wildman–Crippen LogP) is 2.14. The van der Waals surface area contributed by atoms with E-state index in [1.54, 1.807) is 13.8 Å². The van der Waals surface area contributed by atoms with Gasteiger partial charge in [0.25, 0.3) is 0 Å². The lowest BCUT2D eigenvalue weighted by Crippen LogP contribution is -2.38. The molecule has 0 heterocycles. The fraction of sp³-hybridized carbons (Fsp3) is 0.500. The lowest BCUT2D eigenvalue weighted by atomic mass is 9.76. The molecule has 0 bridgehead atoms. The summed E-state index contributed by atoms with van der Waals surface area (Å²) in [4.78, 5) is 24.2. The van der Waals surface area contributed by atoms with Crippen LogP contribution >= 0.6 is 0 Å². The van der Waals surface area contributed by atoms with Crippen LogP contribution in [0.4, 0.5) is 0 Å². The zero-order valence-corrected chi connectivity index (χ0v) is 11.9. The van der Waals surface area contributed by atoms with E-state index in [1.165, 1.54) is 0 Å². The van der Waals surface area contributed by atoms with E-state index in [0.717, 1.165) is 11.1 Å². The maximum absolute atomic E-state index is 12.1. The molecule has 0 fully saturated rings. The molecule has 4 heteroatoms. The Kier molecular flexibility index (Phi) is 4.77. The summed E-state index contributed by atoms with van der Waals surface area (Å²) in [5.41, 5.74) is 2.23. The minimum absolute atomic E-state index is 0.306. The van der Waals surface area contributed by atoms with Gasteiger partial charge < -0.3 is 9.47 Å². The summed E-state index contributed by atoms with van der Waals surface area (Å²) in [6.45, 7) is 4.20. The molecule has 0 aliphatic heterocycles. The smallest absolute Gasteiger partial charge is 0.310 e. The van der Waals surface area contributed by atoms with Crippen LogP contribution in [-0.4, -0.2) is 25.2 Å². The van der Waals surface area contributed by atoms with Crippen molar-refractivity contribution in [2.75, 3.05) is 13.2 Å². The van der Waals surface area contributed by atoms with Gasteiger partial charge in [0.2, 0.25) is 0 Å². The Morgan fingerprint density at radius 3 is 1.70 bits per heavy atom. The van der Waals surface area contributed by atoms with Gasteiger partial charge in [0.05, 0.1) is 25.0 Å². The van der Waals surface area contributed by atoms with Crippen molar-refractivity contribution >= 4 is 11.9 Å². The van der Waals surface area contributed by atoms with Crippen LogP contribution in [0.15, 0.2) is 24.3 Å². The van der Waals surface area contributed by atoms with Crippen molar-refractivity contribution in [3.63, 3.8) is 0 Å². The van der Waals surface area contributed by atoms with Crippen molar-refractivity contribution < 1.29 is 19.1 Å². The lowest BCUT2D eigenvalue weighted by molar-refractivity contribution is -0.160. The summed E-state index contributed by atoms with van der Waals surface area (Å²) in [6.07, 6.45) is 1.08. The zero-order chi connectivity index (χ0) is 14.5. The van der Waals surface area contributed by atoms with Crippen LogP contribution in [0.1, 0.15) is 25.0 Å². The van der Waals surface area contributed by atoms with Crippen LogP contribution < -0.4 is 0 Å². The highest BCUT2D eigenvalue weighted by molar-refractivity contribution is 5.83. The van der Waals surface area contributed by atoms with Crippen molar-refractivity contribution in [1.82, 2.24) is 0 Å². The number of rotatable bonds is 4. The molecule has 4 nitrogen and oxygen atoms in total. The van der Waals surface area contributed by atoms with Gasteiger partial charge in [0.1, 0.15) is 0 Å². The van der Waals surface area contributed by atoms with E-state index in [2.05, 4.69) is 0 Å². The van der Waals surface area contributed by atoms with Gasteiger partial charge in [-0.25, -0.2) is 0 Å². The number of ether oxygens (including phenoxy) is 2. The van der Waals surface area contributed by atoms with Crippen LogP contribution in [0, 0.1) is 11.8 Å². The summed E-state index contributed by atoms with van der Waals surface area (Å²) >= 11 is 0. The minimum Gasteiger partial charge on any atom is -0.466 e. The van der Waals surface area contributed by atoms with E-state index in [1.807, 2.05) is 24.3 Å². The summed E-state index contributed by atoms with van der Waals surface area (Å²) in [7, 11) is 0. The van der Waals surface area contributed by atoms with E-state index >= 15 is 0 Å². The molecule has 0 saturated carbocycles. The van der Waals surface area contributed by atoms with Crippen molar-refractivity contribution in [2.45, 2.75) is 26.7 Å². The molecular formula is C16H20O4. The Morgan fingerprint density at radius 1 is 0.950 bits per heavy atom. The van der Waals surface area contributed by atoms with Gasteiger partial charge in [-0.3, -0.25) is 9.59 Å². The summed E-state index contributed by atoms with van der Waals surface area (Å²) < 4.78 is 10.2. The average molecular weight is 276 g/mol. The maximum atomic E-state index is 12.1. The van der Waals surface area contributed by atoms with Crippen molar-refractivity contribution in [3.05, 3.63) is 35.4 Å². The first-order valence-electron chi connectivity index (χ1n) is 7.07. The topological polar surface area (TPSA) is 52.6 Å². The number of benzene rings is 1. The third-order valence-electron chi connectivity index (χ3n) is 3.66. The largest absolute Gasteiger partial charge is 0.466 e. The second-order valence-corrected chi connectivity index (χ2v) is 4.89. The van der Waals surface area contributed by atoms with E-state index in [-0.39, 0.29) is 11.9 Å². The number of hydrogen-bond donors (Lipinski definition) is 0. The number of fused-ring (bicyclic) bond motifs is 1. The van der Waals surface area contributed by atoms with Crippen molar-refractivity contribution in [3.8, 4) is 0 Å². The SMILES string of the molecule is CCOC(=O)C1Cc2ccccc2CC1C(=O)OCC. The highest BCUT2D eigenvalue weighted by Gasteiger charge is 2.39. The van der Waals surface area contributed by atoms with Gasteiger partial charge in [-0.05, 0) is 37.8 Å². The molecule has 0 spiro atoms. The second kappa shape index (κ2) is 6.55. The van der Waals surface area contributed by atoms with Crippen molar-refractivity contribution in [1.29, 1.82) is 0 Å². The molecule has 2 unspecified atom stereocenters. The summed E-state index contributed by atoms with van der Waals surface area (Å²) in [6, 6.07) is 7.91. The third-order valence-corrected chi connectivity index (χ3v) is 3.66. The van der Waals surface area contributed by atoms with Gasteiger partial charge in [-0.1, -0.05) is 24.3 Å². The van der Waals surface area contributed by atoms with Crippen LogP contribution in [0.2, 0.25) is 0 Å². The molecule has 1 aromatic carbocycles. The lowest BCUT2D eigenvalue weighted by Gasteiger charge is -2.30. The summed E-state index contributed by atoms with van der Waals surface area (Å²) in [5.74, 6) is -1.49. The predicted molar refractivity (Wildman–Crippen MR) is 74.1 cm³/mol. The summed E-state index contributed by atoms with van der Waals surface area (Å²) in [5, 5.41) is 0. The second-order valence-electron chi connectivity index (χ2n) is 4.89. The molecule has 0 radical (unpaired) electrons. The highest BCUT2D eigenvalue weighted by atomic mass is 16.5. The molecule has 1 aliphatic carbocycles. The number of carbonyl (C=O) groups excluding carboxylic acids is 2. The van der Waals surface area contributed by atoms with Gasteiger partial charge in [0.15, 0.2) is 0 Å². The van der Waals surface area contributed by atoms with Gasteiger partial charge in [0, 0.05) is 0 Å². The molecule has 108 valence electrons. The molecule has 1 aromatic rings. The molecule has 0 amide bonds. The molecule has 0 aromatic heterocycles. The normalized spacial score (nSPS) is 20.9. The standard InChI is InChI=1S/C16H20O4/c1-3-19-15(17)13-9-11-7-5-6-8-12(11)10-14(13)16(18)20-4-2/h5-8,13-14H,3-4,9-10H2,1-2H3. The molecule has 20 heavy (non-hydrogen) atoms. The third kappa shape index (κ3) is 3.00. The van der Waals surface area contributed by atoms with Gasteiger partial charge in [-0.15, -0.1) is 0 Å². The van der Waals surface area contributed by atoms with Crippen LogP contribution in [0.5, 0.6) is 0 Å². The van der Waals surface area contributed by atoms with Crippen LogP contribution in [0.25, 0.3) is 0 Å². The molecular weight excluding hydrogens is 256 g/mol. The van der Waals surface area contributed by atoms with E-state index < -0.39 is 11.8 Å². The number of esters is 2. The Morgan fingerprint density at radius 2 is 1.35 bits per heavy atom. The molecule has 0 N–H and O–H groups in total. The van der Waals surface area contributed by atoms with Crippen LogP contribution in [0.3, 0.4) is 0 Å². The van der Waals surface area contributed by atoms with Gasteiger partial charge in [-0.2, -0.15) is 0 Å². The Balaban J connectivity index is 2.26. The van der Waals surface area contributed by atoms with Crippen molar-refractivity contribution in [2.24, 2.45) is 11.8 Å². The number of hydrogen-bond acceptors (Lipinski definition) is 4. The number of carbonyl (C=O) groups is 2. The van der Waals surface area contributed by atoms with Gasteiger partial charge >= 0.3 is 11.9 Å². The Bertz CT molecular complexity index is 450. The fourth-order valence-electron chi connectivity index (χ4n) is 2.71.